The minimum Gasteiger partial charge on any atom is -0.385 e. The average Bonchev–Trinajstić information content (AvgIpc) is 2.56. The lowest BCUT2D eigenvalue weighted by molar-refractivity contribution is -0.384. The van der Waals surface area contributed by atoms with Crippen molar-refractivity contribution < 1.29 is 13.3 Å². The third kappa shape index (κ3) is 4.53. The van der Waals surface area contributed by atoms with Crippen LogP contribution in [0.25, 0.3) is 0 Å². The van der Waals surface area contributed by atoms with E-state index in [4.69, 9.17) is 0 Å². The van der Waals surface area contributed by atoms with Gasteiger partial charge in [-0.1, -0.05) is 19.1 Å². The van der Waals surface area contributed by atoms with Crippen molar-refractivity contribution in [2.45, 2.75) is 18.2 Å². The molecule has 0 aliphatic heterocycles. The Morgan fingerprint density at radius 1 is 1.04 bits per heavy atom. The molecule has 1 N–H and O–H groups in total. The molecule has 0 amide bonds. The monoisotopic (exact) mass is 334 g/mol. The molecule has 0 aromatic heterocycles. The molecule has 0 saturated carbocycles. The molecule has 0 fully saturated rings. The Balaban J connectivity index is 1.90. The molecule has 0 aliphatic rings. The summed E-state index contributed by atoms with van der Waals surface area (Å²) in [5.41, 5.74) is 1.91. The molecule has 0 radical (unpaired) electrons. The van der Waals surface area contributed by atoms with Crippen LogP contribution in [0.2, 0.25) is 0 Å². The number of benzene rings is 2. The van der Waals surface area contributed by atoms with Gasteiger partial charge in [-0.15, -0.1) is 0 Å². The molecule has 7 heteroatoms. The lowest BCUT2D eigenvalue weighted by atomic mass is 10.1. The van der Waals surface area contributed by atoms with Gasteiger partial charge in [-0.2, -0.15) is 0 Å². The van der Waals surface area contributed by atoms with Gasteiger partial charge in [-0.05, 0) is 36.2 Å². The van der Waals surface area contributed by atoms with Crippen molar-refractivity contribution in [3.63, 3.8) is 0 Å². The molecule has 0 bridgehead atoms. The molecule has 23 heavy (non-hydrogen) atoms. The average molecular weight is 334 g/mol. The Hall–Kier alpha value is -2.41. The van der Waals surface area contributed by atoms with Gasteiger partial charge in [-0.25, -0.2) is 8.42 Å². The highest BCUT2D eigenvalue weighted by atomic mass is 32.2. The summed E-state index contributed by atoms with van der Waals surface area (Å²) in [6.45, 7) is 2.27. The largest absolute Gasteiger partial charge is 0.385 e. The highest BCUT2D eigenvalue weighted by Gasteiger charge is 2.10. The van der Waals surface area contributed by atoms with Gasteiger partial charge in [0.15, 0.2) is 9.84 Å². The number of hydrogen-bond acceptors (Lipinski definition) is 5. The number of nitrogens with zero attached hydrogens (tertiary/aromatic N) is 1. The molecule has 2 aromatic carbocycles. The van der Waals surface area contributed by atoms with Crippen LogP contribution < -0.4 is 5.32 Å². The summed E-state index contributed by atoms with van der Waals surface area (Å²) in [5, 5.41) is 13.8. The fourth-order valence-corrected chi connectivity index (χ4v) is 2.97. The van der Waals surface area contributed by atoms with Crippen molar-refractivity contribution in [2.24, 2.45) is 0 Å². The van der Waals surface area contributed by atoms with Crippen LogP contribution in [0.5, 0.6) is 0 Å². The maximum atomic E-state index is 11.7. The number of hydrogen-bond donors (Lipinski definition) is 1. The molecule has 0 atom stereocenters. The fourth-order valence-electron chi connectivity index (χ4n) is 2.08. The highest BCUT2D eigenvalue weighted by molar-refractivity contribution is 7.91. The number of nitro benzene ring substituents is 1. The Morgan fingerprint density at radius 3 is 2.17 bits per heavy atom. The smallest absolute Gasteiger partial charge is 0.269 e. The second-order valence-corrected chi connectivity index (χ2v) is 7.31. The maximum absolute atomic E-state index is 11.7. The van der Waals surface area contributed by atoms with Gasteiger partial charge in [-0.3, -0.25) is 10.1 Å². The predicted molar refractivity (Wildman–Crippen MR) is 89.5 cm³/mol. The number of nitro groups is 1. The molecule has 0 spiro atoms. The first-order valence-electron chi connectivity index (χ1n) is 7.22. The van der Waals surface area contributed by atoms with E-state index < -0.39 is 14.8 Å². The Bertz CT molecular complexity index is 769. The van der Waals surface area contributed by atoms with Gasteiger partial charge in [0.05, 0.1) is 15.6 Å². The quantitative estimate of drug-likeness (QED) is 0.621. The molecule has 0 unspecified atom stereocenters. The van der Waals surface area contributed by atoms with Crippen molar-refractivity contribution >= 4 is 21.2 Å². The summed E-state index contributed by atoms with van der Waals surface area (Å²) in [6.07, 6.45) is 0.715. The zero-order chi connectivity index (χ0) is 16.9. The number of non-ortho nitro benzene ring substituents is 1. The normalized spacial score (nSPS) is 11.2. The Morgan fingerprint density at radius 2 is 1.65 bits per heavy atom. The molecular weight excluding hydrogens is 316 g/mol. The number of sulfone groups is 1. The third-order valence-electron chi connectivity index (χ3n) is 3.48. The number of nitrogens with one attached hydrogen (secondary N) is 1. The summed E-state index contributed by atoms with van der Waals surface area (Å²) in [4.78, 5) is 10.5. The molecule has 6 nitrogen and oxygen atoms in total. The van der Waals surface area contributed by atoms with Crippen molar-refractivity contribution in [2.75, 3.05) is 17.6 Å². The molecule has 2 rings (SSSR count). The van der Waals surface area contributed by atoms with E-state index >= 15 is 0 Å². The summed E-state index contributed by atoms with van der Waals surface area (Å²) < 4.78 is 23.4. The molecule has 2 aromatic rings. The lowest BCUT2D eigenvalue weighted by Crippen LogP contribution is -2.06. The van der Waals surface area contributed by atoms with Crippen molar-refractivity contribution in [3.8, 4) is 0 Å². The van der Waals surface area contributed by atoms with Crippen molar-refractivity contribution in [3.05, 3.63) is 64.2 Å². The zero-order valence-corrected chi connectivity index (χ0v) is 13.5. The first-order valence-corrected chi connectivity index (χ1v) is 8.87. The standard InChI is InChI=1S/C16H18N2O4S/c1-2-23(21,22)16-9-5-14(6-10-16)17-12-11-13-3-7-15(8-4-13)18(19)20/h3-10,17H,2,11-12H2,1H3. The number of anilines is 1. The van der Waals surface area contributed by atoms with E-state index in [-0.39, 0.29) is 11.4 Å². The zero-order valence-electron chi connectivity index (χ0n) is 12.7. The van der Waals surface area contributed by atoms with Crippen LogP contribution >= 0.6 is 0 Å². The van der Waals surface area contributed by atoms with Crippen LogP contribution in [0.15, 0.2) is 53.4 Å². The summed E-state index contributed by atoms with van der Waals surface area (Å²) >= 11 is 0. The minimum atomic E-state index is -3.17. The van der Waals surface area contributed by atoms with E-state index in [1.165, 1.54) is 12.1 Å². The second kappa shape index (κ2) is 7.23. The maximum Gasteiger partial charge on any atom is 0.269 e. The lowest BCUT2D eigenvalue weighted by Gasteiger charge is -2.08. The SMILES string of the molecule is CCS(=O)(=O)c1ccc(NCCc2ccc([N+](=O)[O-])cc2)cc1. The van der Waals surface area contributed by atoms with Crippen LogP contribution in [0.3, 0.4) is 0 Å². The van der Waals surface area contributed by atoms with E-state index in [0.717, 1.165) is 11.3 Å². The van der Waals surface area contributed by atoms with Gasteiger partial charge >= 0.3 is 0 Å². The number of rotatable bonds is 7. The van der Waals surface area contributed by atoms with Gasteiger partial charge in [0.1, 0.15) is 0 Å². The summed E-state index contributed by atoms with van der Waals surface area (Å²) in [6, 6.07) is 13.1. The highest BCUT2D eigenvalue weighted by Crippen LogP contribution is 2.16. The van der Waals surface area contributed by atoms with Gasteiger partial charge in [0, 0.05) is 24.4 Å². The van der Waals surface area contributed by atoms with Gasteiger partial charge < -0.3 is 5.32 Å². The van der Waals surface area contributed by atoms with E-state index in [1.54, 1.807) is 43.3 Å². The fraction of sp³-hybridized carbons (Fsp3) is 0.250. The Kier molecular flexibility index (Phi) is 5.33. The summed E-state index contributed by atoms with van der Waals surface area (Å²) in [7, 11) is -3.17. The first-order chi connectivity index (χ1) is 10.9. The molecule has 0 heterocycles. The van der Waals surface area contributed by atoms with Crippen LogP contribution in [-0.2, 0) is 16.3 Å². The summed E-state index contributed by atoms with van der Waals surface area (Å²) in [5.74, 6) is 0.0833. The predicted octanol–water partition coefficient (Wildman–Crippen LogP) is 3.04. The van der Waals surface area contributed by atoms with Crippen LogP contribution in [-0.4, -0.2) is 25.6 Å². The van der Waals surface area contributed by atoms with E-state index in [0.29, 0.717) is 17.9 Å². The van der Waals surface area contributed by atoms with Crippen LogP contribution in [0.4, 0.5) is 11.4 Å². The van der Waals surface area contributed by atoms with Gasteiger partial charge in [0.2, 0.25) is 0 Å². The van der Waals surface area contributed by atoms with E-state index in [2.05, 4.69) is 5.32 Å². The second-order valence-electron chi connectivity index (χ2n) is 5.03. The first kappa shape index (κ1) is 17.0. The minimum absolute atomic E-state index is 0.0782. The molecule has 0 aliphatic carbocycles. The van der Waals surface area contributed by atoms with E-state index in [9.17, 15) is 18.5 Å². The molecular formula is C16H18N2O4S. The Labute approximate surface area is 135 Å². The van der Waals surface area contributed by atoms with Crippen molar-refractivity contribution in [1.82, 2.24) is 0 Å². The topological polar surface area (TPSA) is 89.3 Å². The van der Waals surface area contributed by atoms with E-state index in [1.807, 2.05) is 0 Å². The van der Waals surface area contributed by atoms with Crippen LogP contribution in [0, 0.1) is 10.1 Å². The van der Waals surface area contributed by atoms with Gasteiger partial charge in [0.25, 0.3) is 5.69 Å². The van der Waals surface area contributed by atoms with Crippen LogP contribution in [0.1, 0.15) is 12.5 Å². The molecule has 0 saturated heterocycles. The third-order valence-corrected chi connectivity index (χ3v) is 5.23. The van der Waals surface area contributed by atoms with Crippen molar-refractivity contribution in [1.29, 1.82) is 0 Å². The molecule has 122 valence electrons.